The molecule has 0 bridgehead atoms. The van der Waals surface area contributed by atoms with Crippen molar-refractivity contribution in [1.29, 1.82) is 0 Å². The Morgan fingerprint density at radius 1 is 1.15 bits per heavy atom. The van der Waals surface area contributed by atoms with Gasteiger partial charge in [-0.2, -0.15) is 0 Å². The SMILES string of the molecule is CC(C)COC[C@H](O)CNC(=O)NCc1ccc(NC(=O)C2CC2)cc1. The second kappa shape index (κ2) is 10.1. The Hall–Kier alpha value is -2.12. The summed E-state index contributed by atoms with van der Waals surface area (Å²) in [5, 5.41) is 18.0. The van der Waals surface area contributed by atoms with Crippen LogP contribution in [0, 0.1) is 11.8 Å². The van der Waals surface area contributed by atoms with Gasteiger partial charge >= 0.3 is 6.03 Å². The molecule has 0 unspecified atom stereocenters. The predicted molar refractivity (Wildman–Crippen MR) is 99.7 cm³/mol. The Bertz CT molecular complexity index is 585. The predicted octanol–water partition coefficient (Wildman–Crippen LogP) is 1.87. The number of hydrogen-bond acceptors (Lipinski definition) is 4. The molecule has 0 aliphatic heterocycles. The van der Waals surface area contributed by atoms with Gasteiger partial charge in [-0.15, -0.1) is 0 Å². The number of anilines is 1. The molecule has 1 aromatic carbocycles. The third-order valence-corrected chi connectivity index (χ3v) is 3.88. The first-order valence-corrected chi connectivity index (χ1v) is 9.11. The second-order valence-electron chi connectivity index (χ2n) is 7.11. The van der Waals surface area contributed by atoms with Crippen LogP contribution in [-0.4, -0.2) is 42.9 Å². The lowest BCUT2D eigenvalue weighted by molar-refractivity contribution is -0.117. The van der Waals surface area contributed by atoms with Gasteiger partial charge < -0.3 is 25.8 Å². The molecule has 1 fully saturated rings. The average Bonchev–Trinajstić information content (AvgIpc) is 3.44. The van der Waals surface area contributed by atoms with E-state index in [1.807, 2.05) is 38.1 Å². The van der Waals surface area contributed by atoms with Crippen LogP contribution < -0.4 is 16.0 Å². The molecular formula is C19H29N3O4. The number of carbonyl (C=O) groups excluding carboxylic acids is 2. The van der Waals surface area contributed by atoms with Crippen LogP contribution in [0.4, 0.5) is 10.5 Å². The topological polar surface area (TPSA) is 99.7 Å². The van der Waals surface area contributed by atoms with E-state index in [-0.39, 0.29) is 31.0 Å². The van der Waals surface area contributed by atoms with E-state index >= 15 is 0 Å². The average molecular weight is 363 g/mol. The number of benzene rings is 1. The third-order valence-electron chi connectivity index (χ3n) is 3.88. The summed E-state index contributed by atoms with van der Waals surface area (Å²) in [6.07, 6.45) is 1.22. The summed E-state index contributed by atoms with van der Waals surface area (Å²) in [5.41, 5.74) is 1.69. The minimum atomic E-state index is -0.728. The Morgan fingerprint density at radius 2 is 1.85 bits per heavy atom. The van der Waals surface area contributed by atoms with Gasteiger partial charge in [0.25, 0.3) is 0 Å². The molecule has 0 spiro atoms. The van der Waals surface area contributed by atoms with Crippen molar-refractivity contribution in [2.24, 2.45) is 11.8 Å². The van der Waals surface area contributed by atoms with Gasteiger partial charge in [-0.3, -0.25) is 4.79 Å². The van der Waals surface area contributed by atoms with Crippen LogP contribution in [0.1, 0.15) is 32.3 Å². The highest BCUT2D eigenvalue weighted by atomic mass is 16.5. The van der Waals surface area contributed by atoms with Gasteiger partial charge in [-0.05, 0) is 36.5 Å². The minimum absolute atomic E-state index is 0.0752. The molecule has 7 heteroatoms. The lowest BCUT2D eigenvalue weighted by Crippen LogP contribution is -2.40. The van der Waals surface area contributed by atoms with Crippen molar-refractivity contribution in [1.82, 2.24) is 10.6 Å². The molecule has 26 heavy (non-hydrogen) atoms. The maximum absolute atomic E-state index is 11.8. The molecule has 7 nitrogen and oxygen atoms in total. The quantitative estimate of drug-likeness (QED) is 0.510. The zero-order valence-electron chi connectivity index (χ0n) is 15.5. The molecule has 1 aliphatic rings. The van der Waals surface area contributed by atoms with Crippen LogP contribution in [0.25, 0.3) is 0 Å². The smallest absolute Gasteiger partial charge is 0.315 e. The van der Waals surface area contributed by atoms with Gasteiger partial charge in [-0.1, -0.05) is 26.0 Å². The fraction of sp³-hybridized carbons (Fsp3) is 0.579. The van der Waals surface area contributed by atoms with Crippen molar-refractivity contribution in [3.63, 3.8) is 0 Å². The Balaban J connectivity index is 1.61. The monoisotopic (exact) mass is 363 g/mol. The zero-order valence-corrected chi connectivity index (χ0v) is 15.5. The van der Waals surface area contributed by atoms with Crippen molar-refractivity contribution in [3.8, 4) is 0 Å². The van der Waals surface area contributed by atoms with E-state index in [2.05, 4.69) is 16.0 Å². The molecular weight excluding hydrogens is 334 g/mol. The highest BCUT2D eigenvalue weighted by molar-refractivity contribution is 5.94. The fourth-order valence-corrected chi connectivity index (χ4v) is 2.25. The first-order chi connectivity index (χ1) is 12.4. The van der Waals surface area contributed by atoms with E-state index in [0.717, 1.165) is 24.1 Å². The maximum Gasteiger partial charge on any atom is 0.315 e. The first-order valence-electron chi connectivity index (χ1n) is 9.11. The van der Waals surface area contributed by atoms with Gasteiger partial charge in [0.05, 0.1) is 12.7 Å². The van der Waals surface area contributed by atoms with Crippen LogP contribution in [0.2, 0.25) is 0 Å². The van der Waals surface area contributed by atoms with E-state index in [1.54, 1.807) is 0 Å². The minimum Gasteiger partial charge on any atom is -0.389 e. The largest absolute Gasteiger partial charge is 0.389 e. The number of nitrogens with one attached hydrogen (secondary N) is 3. The van der Waals surface area contributed by atoms with Gasteiger partial charge in [0.15, 0.2) is 0 Å². The number of aliphatic hydroxyl groups excluding tert-OH is 1. The summed E-state index contributed by atoms with van der Waals surface area (Å²) in [5.74, 6) is 0.657. The molecule has 144 valence electrons. The summed E-state index contributed by atoms with van der Waals surface area (Å²) in [4.78, 5) is 23.5. The summed E-state index contributed by atoms with van der Waals surface area (Å²) in [6.45, 7) is 5.35. The normalized spacial score (nSPS) is 14.8. The standard InChI is InChI=1S/C19H29N3O4/c1-13(2)11-26-12-17(23)10-21-19(25)20-9-14-3-7-16(8-4-14)22-18(24)15-5-6-15/h3-4,7-8,13,15,17,23H,5-6,9-12H2,1-2H3,(H,22,24)(H2,20,21,25)/t17-/m1/s1. The molecule has 1 aliphatic carbocycles. The Labute approximate surface area is 154 Å². The third kappa shape index (κ3) is 7.84. The van der Waals surface area contributed by atoms with Crippen LogP contribution in [0.5, 0.6) is 0 Å². The lowest BCUT2D eigenvalue weighted by Gasteiger charge is -2.14. The van der Waals surface area contributed by atoms with Gasteiger partial charge in [0, 0.05) is 31.3 Å². The highest BCUT2D eigenvalue weighted by Crippen LogP contribution is 2.30. The van der Waals surface area contributed by atoms with Crippen LogP contribution in [-0.2, 0) is 16.1 Å². The van der Waals surface area contributed by atoms with Crippen molar-refractivity contribution in [2.75, 3.05) is 25.1 Å². The number of aliphatic hydroxyl groups is 1. The molecule has 0 saturated heterocycles. The molecule has 1 saturated carbocycles. The van der Waals surface area contributed by atoms with E-state index in [4.69, 9.17) is 4.74 Å². The molecule has 1 atom stereocenters. The number of hydrogen-bond donors (Lipinski definition) is 4. The van der Waals surface area contributed by atoms with E-state index in [0.29, 0.717) is 19.1 Å². The summed E-state index contributed by atoms with van der Waals surface area (Å²) < 4.78 is 5.32. The van der Waals surface area contributed by atoms with E-state index in [1.165, 1.54) is 0 Å². The summed E-state index contributed by atoms with van der Waals surface area (Å²) in [7, 11) is 0. The van der Waals surface area contributed by atoms with Crippen molar-refractivity contribution < 1.29 is 19.4 Å². The molecule has 0 heterocycles. The highest BCUT2D eigenvalue weighted by Gasteiger charge is 2.29. The molecule has 0 aromatic heterocycles. The van der Waals surface area contributed by atoms with Gasteiger partial charge in [-0.25, -0.2) is 4.79 Å². The molecule has 4 N–H and O–H groups in total. The molecule has 3 amide bonds. The number of ether oxygens (including phenoxy) is 1. The second-order valence-corrected chi connectivity index (χ2v) is 7.11. The van der Waals surface area contributed by atoms with Gasteiger partial charge in [0.1, 0.15) is 0 Å². The number of carbonyl (C=O) groups is 2. The lowest BCUT2D eigenvalue weighted by atomic mass is 10.2. The van der Waals surface area contributed by atoms with Crippen molar-refractivity contribution >= 4 is 17.6 Å². The molecule has 2 rings (SSSR count). The number of rotatable bonds is 10. The zero-order chi connectivity index (χ0) is 18.9. The number of urea groups is 1. The fourth-order valence-electron chi connectivity index (χ4n) is 2.25. The van der Waals surface area contributed by atoms with Gasteiger partial charge in [0.2, 0.25) is 5.91 Å². The van der Waals surface area contributed by atoms with E-state index in [9.17, 15) is 14.7 Å². The van der Waals surface area contributed by atoms with Crippen molar-refractivity contribution in [3.05, 3.63) is 29.8 Å². The first kappa shape index (κ1) is 20.2. The van der Waals surface area contributed by atoms with E-state index < -0.39 is 6.10 Å². The van der Waals surface area contributed by atoms with Crippen LogP contribution in [0.15, 0.2) is 24.3 Å². The molecule has 0 radical (unpaired) electrons. The molecule has 1 aromatic rings. The maximum atomic E-state index is 11.8. The number of amides is 3. The van der Waals surface area contributed by atoms with Crippen LogP contribution in [0.3, 0.4) is 0 Å². The van der Waals surface area contributed by atoms with Crippen molar-refractivity contribution in [2.45, 2.75) is 39.3 Å². The van der Waals surface area contributed by atoms with Crippen LogP contribution >= 0.6 is 0 Å². The summed E-state index contributed by atoms with van der Waals surface area (Å²) in [6, 6.07) is 7.02. The Morgan fingerprint density at radius 3 is 2.46 bits per heavy atom. The Kier molecular flexibility index (Phi) is 7.87. The summed E-state index contributed by atoms with van der Waals surface area (Å²) >= 11 is 0.